The van der Waals surface area contributed by atoms with E-state index in [0.717, 1.165) is 17.5 Å². The normalized spacial score (nSPS) is 12.8. The number of aliphatic hydroxyl groups excluding tert-OH is 1. The van der Waals surface area contributed by atoms with Crippen LogP contribution in [0.1, 0.15) is 11.7 Å². The standard InChI is InChI=1S/C14H18N2O/c15-7-8-16-10-14(17)13-6-5-11-3-1-2-4-12(11)9-13/h1-6,9,14,16-17H,7-8,10,15H2. The van der Waals surface area contributed by atoms with Crippen LogP contribution in [0.5, 0.6) is 0 Å². The summed E-state index contributed by atoms with van der Waals surface area (Å²) in [5.41, 5.74) is 6.32. The van der Waals surface area contributed by atoms with Gasteiger partial charge in [0.15, 0.2) is 0 Å². The molecule has 2 rings (SSSR count). The van der Waals surface area contributed by atoms with Crippen LogP contribution in [0.15, 0.2) is 42.5 Å². The molecule has 3 nitrogen and oxygen atoms in total. The topological polar surface area (TPSA) is 58.3 Å². The molecule has 1 unspecified atom stereocenters. The van der Waals surface area contributed by atoms with Gasteiger partial charge in [-0.3, -0.25) is 0 Å². The molecule has 3 heteroatoms. The van der Waals surface area contributed by atoms with Gasteiger partial charge in [0.05, 0.1) is 6.10 Å². The van der Waals surface area contributed by atoms with E-state index in [-0.39, 0.29) is 0 Å². The van der Waals surface area contributed by atoms with E-state index in [1.807, 2.05) is 30.3 Å². The highest BCUT2D eigenvalue weighted by Crippen LogP contribution is 2.19. The maximum Gasteiger partial charge on any atom is 0.0914 e. The van der Waals surface area contributed by atoms with Crippen LogP contribution in [-0.2, 0) is 0 Å². The molecule has 0 fully saturated rings. The van der Waals surface area contributed by atoms with Crippen molar-refractivity contribution in [2.45, 2.75) is 6.10 Å². The monoisotopic (exact) mass is 230 g/mol. The number of benzene rings is 2. The molecule has 0 aliphatic heterocycles. The average Bonchev–Trinajstić information content (AvgIpc) is 2.38. The predicted octanol–water partition coefficient (Wildman–Crippen LogP) is 1.42. The second-order valence-corrected chi connectivity index (χ2v) is 4.12. The first kappa shape index (κ1) is 12.0. The minimum atomic E-state index is -0.480. The van der Waals surface area contributed by atoms with Gasteiger partial charge in [0.2, 0.25) is 0 Å². The molecule has 0 bridgehead atoms. The predicted molar refractivity (Wildman–Crippen MR) is 70.8 cm³/mol. The molecule has 0 aliphatic rings. The Morgan fingerprint density at radius 1 is 1.12 bits per heavy atom. The van der Waals surface area contributed by atoms with Gasteiger partial charge in [0.25, 0.3) is 0 Å². The highest BCUT2D eigenvalue weighted by atomic mass is 16.3. The fraction of sp³-hybridized carbons (Fsp3) is 0.286. The molecule has 0 heterocycles. The zero-order chi connectivity index (χ0) is 12.1. The summed E-state index contributed by atoms with van der Waals surface area (Å²) in [6.45, 7) is 1.85. The zero-order valence-electron chi connectivity index (χ0n) is 9.76. The summed E-state index contributed by atoms with van der Waals surface area (Å²) in [6, 6.07) is 14.2. The van der Waals surface area contributed by atoms with Crippen molar-refractivity contribution in [3.63, 3.8) is 0 Å². The summed E-state index contributed by atoms with van der Waals surface area (Å²) < 4.78 is 0. The largest absolute Gasteiger partial charge is 0.387 e. The molecular weight excluding hydrogens is 212 g/mol. The fourth-order valence-corrected chi connectivity index (χ4v) is 1.87. The molecule has 0 aliphatic carbocycles. The van der Waals surface area contributed by atoms with Crippen LogP contribution >= 0.6 is 0 Å². The van der Waals surface area contributed by atoms with Crippen molar-refractivity contribution in [1.82, 2.24) is 5.32 Å². The van der Waals surface area contributed by atoms with Gasteiger partial charge in [-0.1, -0.05) is 36.4 Å². The molecule has 17 heavy (non-hydrogen) atoms. The van der Waals surface area contributed by atoms with Crippen LogP contribution in [0.3, 0.4) is 0 Å². The smallest absolute Gasteiger partial charge is 0.0914 e. The van der Waals surface area contributed by atoms with Crippen LogP contribution in [0.2, 0.25) is 0 Å². The van der Waals surface area contributed by atoms with Crippen LogP contribution in [-0.4, -0.2) is 24.7 Å². The van der Waals surface area contributed by atoms with E-state index in [9.17, 15) is 5.11 Å². The van der Waals surface area contributed by atoms with Crippen molar-refractivity contribution in [3.8, 4) is 0 Å². The lowest BCUT2D eigenvalue weighted by Crippen LogP contribution is -2.27. The molecule has 2 aromatic rings. The SMILES string of the molecule is NCCNCC(O)c1ccc2ccccc2c1. The van der Waals surface area contributed by atoms with Crippen molar-refractivity contribution < 1.29 is 5.11 Å². The van der Waals surface area contributed by atoms with Gasteiger partial charge in [-0.2, -0.15) is 0 Å². The van der Waals surface area contributed by atoms with E-state index in [1.165, 1.54) is 5.39 Å². The Morgan fingerprint density at radius 2 is 1.88 bits per heavy atom. The van der Waals surface area contributed by atoms with E-state index >= 15 is 0 Å². The number of fused-ring (bicyclic) bond motifs is 1. The molecule has 0 spiro atoms. The molecule has 4 N–H and O–H groups in total. The molecule has 0 saturated heterocycles. The number of hydrogen-bond donors (Lipinski definition) is 3. The lowest BCUT2D eigenvalue weighted by atomic mass is 10.0. The molecule has 0 saturated carbocycles. The summed E-state index contributed by atoms with van der Waals surface area (Å²) in [7, 11) is 0. The van der Waals surface area contributed by atoms with Crippen LogP contribution in [0.4, 0.5) is 0 Å². The molecule has 0 radical (unpaired) electrons. The molecule has 0 amide bonds. The number of nitrogens with one attached hydrogen (secondary N) is 1. The van der Waals surface area contributed by atoms with Gasteiger partial charge in [-0.25, -0.2) is 0 Å². The van der Waals surface area contributed by atoms with E-state index in [2.05, 4.69) is 17.4 Å². The summed E-state index contributed by atoms with van der Waals surface area (Å²) >= 11 is 0. The molecule has 2 aromatic carbocycles. The highest BCUT2D eigenvalue weighted by Gasteiger charge is 2.06. The Hall–Kier alpha value is -1.42. The third-order valence-electron chi connectivity index (χ3n) is 2.82. The lowest BCUT2D eigenvalue weighted by molar-refractivity contribution is 0.175. The van der Waals surface area contributed by atoms with Crippen molar-refractivity contribution >= 4 is 10.8 Å². The third kappa shape index (κ3) is 3.03. The van der Waals surface area contributed by atoms with Crippen LogP contribution in [0.25, 0.3) is 10.8 Å². The van der Waals surface area contributed by atoms with E-state index in [0.29, 0.717) is 13.1 Å². The van der Waals surface area contributed by atoms with Gasteiger partial charge < -0.3 is 16.2 Å². The molecule has 0 aromatic heterocycles. The second kappa shape index (κ2) is 5.77. The molecule has 90 valence electrons. The Morgan fingerprint density at radius 3 is 2.65 bits per heavy atom. The second-order valence-electron chi connectivity index (χ2n) is 4.12. The van der Waals surface area contributed by atoms with Gasteiger partial charge in [-0.15, -0.1) is 0 Å². The van der Waals surface area contributed by atoms with Crippen LogP contribution in [0, 0.1) is 0 Å². The Bertz CT molecular complexity index is 484. The zero-order valence-corrected chi connectivity index (χ0v) is 9.76. The van der Waals surface area contributed by atoms with E-state index in [4.69, 9.17) is 5.73 Å². The average molecular weight is 230 g/mol. The van der Waals surface area contributed by atoms with E-state index < -0.39 is 6.10 Å². The van der Waals surface area contributed by atoms with Gasteiger partial charge in [0, 0.05) is 19.6 Å². The lowest BCUT2D eigenvalue weighted by Gasteiger charge is -2.12. The maximum atomic E-state index is 10.0. The van der Waals surface area contributed by atoms with Crippen molar-refractivity contribution in [2.75, 3.05) is 19.6 Å². The Kier molecular flexibility index (Phi) is 4.09. The summed E-state index contributed by atoms with van der Waals surface area (Å²) in [5.74, 6) is 0. The first-order chi connectivity index (χ1) is 8.31. The maximum absolute atomic E-state index is 10.0. The first-order valence-electron chi connectivity index (χ1n) is 5.89. The Labute approximate surface area is 101 Å². The van der Waals surface area contributed by atoms with E-state index in [1.54, 1.807) is 0 Å². The number of nitrogens with two attached hydrogens (primary N) is 1. The van der Waals surface area contributed by atoms with Crippen molar-refractivity contribution in [1.29, 1.82) is 0 Å². The fourth-order valence-electron chi connectivity index (χ4n) is 1.87. The van der Waals surface area contributed by atoms with Gasteiger partial charge in [0.1, 0.15) is 0 Å². The number of aliphatic hydroxyl groups is 1. The minimum absolute atomic E-state index is 0.480. The van der Waals surface area contributed by atoms with Crippen molar-refractivity contribution in [2.24, 2.45) is 5.73 Å². The summed E-state index contributed by atoms with van der Waals surface area (Å²) in [5, 5.41) is 15.5. The third-order valence-corrected chi connectivity index (χ3v) is 2.82. The summed E-state index contributed by atoms with van der Waals surface area (Å²) in [4.78, 5) is 0. The first-order valence-corrected chi connectivity index (χ1v) is 5.89. The number of rotatable bonds is 5. The van der Waals surface area contributed by atoms with Crippen molar-refractivity contribution in [3.05, 3.63) is 48.0 Å². The van der Waals surface area contributed by atoms with Gasteiger partial charge in [-0.05, 0) is 22.4 Å². The Balaban J connectivity index is 2.12. The molecule has 1 atom stereocenters. The van der Waals surface area contributed by atoms with Crippen LogP contribution < -0.4 is 11.1 Å². The number of hydrogen-bond acceptors (Lipinski definition) is 3. The quantitative estimate of drug-likeness (QED) is 0.681. The minimum Gasteiger partial charge on any atom is -0.387 e. The molecular formula is C14H18N2O. The van der Waals surface area contributed by atoms with Gasteiger partial charge >= 0.3 is 0 Å². The summed E-state index contributed by atoms with van der Waals surface area (Å²) in [6.07, 6.45) is -0.480. The highest BCUT2D eigenvalue weighted by molar-refractivity contribution is 5.83.